The van der Waals surface area contributed by atoms with Crippen molar-refractivity contribution in [3.05, 3.63) is 105 Å². The van der Waals surface area contributed by atoms with E-state index in [0.29, 0.717) is 40.9 Å². The van der Waals surface area contributed by atoms with Crippen LogP contribution >= 0.6 is 0 Å². The molecule has 0 aliphatic carbocycles. The molecule has 1 atom stereocenters. The van der Waals surface area contributed by atoms with E-state index in [9.17, 15) is 18.0 Å². The van der Waals surface area contributed by atoms with Gasteiger partial charge in [-0.25, -0.2) is 13.4 Å². The zero-order valence-corrected chi connectivity index (χ0v) is 23.2. The fourth-order valence-corrected chi connectivity index (χ4v) is 6.07. The highest BCUT2D eigenvalue weighted by atomic mass is 32.2. The van der Waals surface area contributed by atoms with Crippen LogP contribution in [0, 0.1) is 26.2 Å². The Labute approximate surface area is 228 Å². The number of carbonyl (C=O) groups excluding carboxylic acids is 1. The number of H-pyrrole nitrogens is 1. The molecule has 7 nitrogen and oxygen atoms in total. The highest BCUT2D eigenvalue weighted by Gasteiger charge is 2.36. The summed E-state index contributed by atoms with van der Waals surface area (Å²) in [6, 6.07) is 19.1. The number of anilines is 1. The highest BCUT2D eigenvalue weighted by molar-refractivity contribution is 7.93. The van der Waals surface area contributed by atoms with Gasteiger partial charge in [0.15, 0.2) is 15.6 Å². The molecule has 8 heteroatoms. The van der Waals surface area contributed by atoms with E-state index < -0.39 is 26.1 Å². The molecule has 1 heterocycles. The quantitative estimate of drug-likeness (QED) is 0.238. The lowest BCUT2D eigenvalue weighted by atomic mass is 10.0. The average Bonchev–Trinajstić information content (AvgIpc) is 2.89. The predicted octanol–water partition coefficient (Wildman–Crippen LogP) is 4.93. The third-order valence-electron chi connectivity index (χ3n) is 6.77. The zero-order chi connectivity index (χ0) is 28.3. The summed E-state index contributed by atoms with van der Waals surface area (Å²) >= 11 is 0. The molecule has 0 saturated heterocycles. The lowest BCUT2D eigenvalue weighted by Crippen LogP contribution is -2.28. The van der Waals surface area contributed by atoms with E-state index in [1.54, 1.807) is 75.4 Å². The Morgan fingerprint density at radius 1 is 1.05 bits per heavy atom. The van der Waals surface area contributed by atoms with E-state index >= 15 is 0 Å². The molecule has 0 spiro atoms. The molecule has 4 rings (SSSR count). The average molecular weight is 542 g/mol. The summed E-state index contributed by atoms with van der Waals surface area (Å²) in [6.07, 6.45) is 5.67. The monoisotopic (exact) mass is 541 g/mol. The van der Waals surface area contributed by atoms with Gasteiger partial charge in [0, 0.05) is 17.8 Å². The Hall–Kier alpha value is -4.22. The third kappa shape index (κ3) is 5.79. The predicted molar refractivity (Wildman–Crippen MR) is 156 cm³/mol. The molecule has 3 aromatic carbocycles. The van der Waals surface area contributed by atoms with E-state index in [-0.39, 0.29) is 5.56 Å². The van der Waals surface area contributed by atoms with Crippen LogP contribution in [-0.4, -0.2) is 36.0 Å². The summed E-state index contributed by atoms with van der Waals surface area (Å²) < 4.78 is 26.4. The first-order valence-electron chi connectivity index (χ1n) is 12.6. The Morgan fingerprint density at radius 2 is 1.72 bits per heavy atom. The van der Waals surface area contributed by atoms with E-state index in [0.717, 1.165) is 16.8 Å². The molecule has 39 heavy (non-hydrogen) atoms. The van der Waals surface area contributed by atoms with Gasteiger partial charge in [-0.05, 0) is 80.8 Å². The van der Waals surface area contributed by atoms with Gasteiger partial charge in [0.25, 0.3) is 5.56 Å². The molecular formula is C31H31N3O4S. The summed E-state index contributed by atoms with van der Waals surface area (Å²) in [5.41, 5.74) is 3.83. The van der Waals surface area contributed by atoms with Crippen LogP contribution in [0.2, 0.25) is 0 Å². The summed E-state index contributed by atoms with van der Waals surface area (Å²) in [5.74, 6) is 2.75. The smallest absolute Gasteiger partial charge is 0.258 e. The molecule has 0 radical (unpaired) electrons. The number of nitrogens with zero attached hydrogens (tertiary/aromatic N) is 2. The number of carbonyl (C=O) groups is 1. The number of benzene rings is 3. The number of nitrogens with one attached hydrogen (secondary N) is 1. The number of fused-ring (bicyclic) bond motifs is 1. The van der Waals surface area contributed by atoms with Gasteiger partial charge in [0.05, 0.1) is 22.7 Å². The van der Waals surface area contributed by atoms with E-state index in [4.69, 9.17) is 6.42 Å². The van der Waals surface area contributed by atoms with Crippen LogP contribution in [-0.2, 0) is 16.4 Å². The summed E-state index contributed by atoms with van der Waals surface area (Å²) in [4.78, 5) is 35.2. The Balaban J connectivity index is 1.66. The van der Waals surface area contributed by atoms with Gasteiger partial charge in [0.2, 0.25) is 0 Å². The van der Waals surface area contributed by atoms with Crippen molar-refractivity contribution in [2.24, 2.45) is 0 Å². The third-order valence-corrected chi connectivity index (χ3v) is 9.23. The Bertz CT molecular complexity index is 1720. The molecule has 200 valence electrons. The molecule has 0 bridgehead atoms. The molecule has 0 aliphatic heterocycles. The van der Waals surface area contributed by atoms with Crippen molar-refractivity contribution in [3.8, 4) is 12.3 Å². The normalized spacial score (nSPS) is 12.3. The summed E-state index contributed by atoms with van der Waals surface area (Å²) in [5, 5.41) is -1.50. The molecule has 1 N–H and O–H groups in total. The van der Waals surface area contributed by atoms with Crippen LogP contribution in [0.1, 0.15) is 52.0 Å². The fraction of sp³-hybridized carbons (Fsp3) is 0.258. The van der Waals surface area contributed by atoms with Crippen LogP contribution in [0.4, 0.5) is 5.69 Å². The largest absolute Gasteiger partial charge is 0.356 e. The lowest BCUT2D eigenvalue weighted by Gasteiger charge is -2.24. The number of hydrogen-bond acceptors (Lipinski definition) is 6. The number of rotatable bonds is 9. The number of ketones is 1. The first-order chi connectivity index (χ1) is 18.5. The molecule has 4 aromatic rings. The summed E-state index contributed by atoms with van der Waals surface area (Å²) in [7, 11) is -3.76. The second-order valence-corrected chi connectivity index (χ2v) is 12.4. The number of hydrogen-bond donors (Lipinski definition) is 1. The maximum atomic E-state index is 13.6. The SMILES string of the molecule is C#CCN(Cc1cc2c(=O)[nH]c(C)nc2cc1C)c1ccc(C(=O)C(c2ccccc2)S(=O)(=O)C(C)C)cc1. The van der Waals surface area contributed by atoms with Gasteiger partial charge >= 0.3 is 0 Å². The number of sulfone groups is 1. The second-order valence-electron chi connectivity index (χ2n) is 9.85. The molecule has 1 unspecified atom stereocenters. The van der Waals surface area contributed by atoms with Gasteiger partial charge in [-0.15, -0.1) is 6.42 Å². The van der Waals surface area contributed by atoms with Crippen molar-refractivity contribution in [2.75, 3.05) is 11.4 Å². The van der Waals surface area contributed by atoms with Crippen molar-refractivity contribution in [3.63, 3.8) is 0 Å². The Kier molecular flexibility index (Phi) is 8.03. The fourth-order valence-electron chi connectivity index (χ4n) is 4.55. The van der Waals surface area contributed by atoms with Crippen molar-refractivity contribution < 1.29 is 13.2 Å². The van der Waals surface area contributed by atoms with Crippen LogP contribution in [0.25, 0.3) is 10.9 Å². The van der Waals surface area contributed by atoms with Gasteiger partial charge in [-0.2, -0.15) is 0 Å². The second kappa shape index (κ2) is 11.3. The lowest BCUT2D eigenvalue weighted by molar-refractivity contribution is 0.0986. The van der Waals surface area contributed by atoms with Gasteiger partial charge in [0.1, 0.15) is 11.1 Å². The van der Waals surface area contributed by atoms with E-state index in [1.807, 2.05) is 24.0 Å². The van der Waals surface area contributed by atoms with Gasteiger partial charge < -0.3 is 9.88 Å². The molecule has 0 saturated carbocycles. The van der Waals surface area contributed by atoms with Crippen molar-refractivity contribution in [1.82, 2.24) is 9.97 Å². The minimum absolute atomic E-state index is 0.200. The maximum Gasteiger partial charge on any atom is 0.258 e. The standard InChI is InChI=1S/C31H31N3O4S/c1-6-16-34(19-25-18-27-28(17-21(25)4)32-22(5)33-31(27)36)26-14-12-23(13-15-26)29(35)30(39(37,38)20(2)3)24-10-8-7-9-11-24/h1,7-15,17-18,20,30H,16,19H2,2-5H3,(H,32,33,36). The van der Waals surface area contributed by atoms with E-state index in [2.05, 4.69) is 15.9 Å². The minimum atomic E-state index is -3.76. The Morgan fingerprint density at radius 3 is 2.33 bits per heavy atom. The number of aryl methyl sites for hydroxylation is 2. The maximum absolute atomic E-state index is 13.6. The van der Waals surface area contributed by atoms with Gasteiger partial charge in [-0.1, -0.05) is 36.3 Å². The molecule has 0 aliphatic rings. The zero-order valence-electron chi connectivity index (χ0n) is 22.4. The number of Topliss-reactive ketones (excluding diaryl/α,β-unsaturated/α-hetero) is 1. The van der Waals surface area contributed by atoms with Crippen molar-refractivity contribution in [2.45, 2.75) is 44.7 Å². The van der Waals surface area contributed by atoms with Crippen LogP contribution in [0.3, 0.4) is 0 Å². The molecule has 0 fully saturated rings. The first-order valence-corrected chi connectivity index (χ1v) is 14.2. The number of aromatic amines is 1. The van der Waals surface area contributed by atoms with E-state index in [1.165, 1.54) is 0 Å². The molecular weight excluding hydrogens is 510 g/mol. The van der Waals surface area contributed by atoms with Crippen LogP contribution < -0.4 is 10.5 Å². The van der Waals surface area contributed by atoms with Crippen molar-refractivity contribution >= 4 is 32.2 Å². The topological polar surface area (TPSA) is 100 Å². The number of aromatic nitrogens is 2. The van der Waals surface area contributed by atoms with Gasteiger partial charge in [-0.3, -0.25) is 9.59 Å². The van der Waals surface area contributed by atoms with Crippen LogP contribution in [0.15, 0.2) is 71.5 Å². The van der Waals surface area contributed by atoms with Crippen molar-refractivity contribution in [1.29, 1.82) is 0 Å². The highest BCUT2D eigenvalue weighted by Crippen LogP contribution is 2.31. The van der Waals surface area contributed by atoms with Crippen LogP contribution in [0.5, 0.6) is 0 Å². The molecule has 1 aromatic heterocycles. The summed E-state index contributed by atoms with van der Waals surface area (Å²) in [6.45, 7) is 7.59. The number of terminal acetylenes is 1. The first kappa shape index (κ1) is 27.8. The minimum Gasteiger partial charge on any atom is -0.356 e. The molecule has 0 amide bonds.